The Labute approximate surface area is 125 Å². The molecule has 0 aliphatic carbocycles. The molecule has 1 aliphatic heterocycles. The Bertz CT molecular complexity index is 595. The molecule has 1 heterocycles. The summed E-state index contributed by atoms with van der Waals surface area (Å²) in [5, 5.41) is 0. The molecule has 7 heteroatoms. The molecule has 1 unspecified atom stereocenters. The molecule has 0 saturated carbocycles. The lowest BCUT2D eigenvalue weighted by Crippen LogP contribution is -2.34. The normalized spacial score (nSPS) is 23.2. The van der Waals surface area contributed by atoms with Crippen LogP contribution < -0.4 is 15.2 Å². The molecule has 0 spiro atoms. The first-order valence-corrected chi connectivity index (χ1v) is 8.22. The van der Waals surface area contributed by atoms with Crippen molar-refractivity contribution in [3.8, 4) is 11.5 Å². The van der Waals surface area contributed by atoms with Crippen molar-refractivity contribution in [2.75, 3.05) is 33.9 Å². The largest absolute Gasteiger partial charge is 0.497 e. The molecule has 1 aromatic rings. The van der Waals surface area contributed by atoms with Gasteiger partial charge < -0.3 is 15.2 Å². The van der Waals surface area contributed by atoms with Crippen LogP contribution in [-0.4, -0.2) is 46.6 Å². The first kappa shape index (κ1) is 16.1. The van der Waals surface area contributed by atoms with E-state index in [9.17, 15) is 8.42 Å². The zero-order chi connectivity index (χ0) is 15.7. The Morgan fingerprint density at radius 3 is 2.24 bits per heavy atom. The van der Waals surface area contributed by atoms with Gasteiger partial charge in [-0.05, 0) is 18.4 Å². The fourth-order valence-corrected chi connectivity index (χ4v) is 4.07. The highest BCUT2D eigenvalue weighted by Gasteiger charge is 2.39. The van der Waals surface area contributed by atoms with Gasteiger partial charge >= 0.3 is 0 Å². The third kappa shape index (κ3) is 3.14. The summed E-state index contributed by atoms with van der Waals surface area (Å²) in [4.78, 5) is 0.181. The summed E-state index contributed by atoms with van der Waals surface area (Å²) >= 11 is 0. The molecule has 0 aromatic heterocycles. The van der Waals surface area contributed by atoms with Gasteiger partial charge in [0.1, 0.15) is 11.5 Å². The number of nitrogens with two attached hydrogens (primary N) is 1. The molecule has 1 saturated heterocycles. The number of methoxy groups -OCH3 is 2. The minimum absolute atomic E-state index is 0.157. The zero-order valence-electron chi connectivity index (χ0n) is 12.6. The van der Waals surface area contributed by atoms with Crippen LogP contribution in [-0.2, 0) is 10.0 Å². The maximum atomic E-state index is 12.7. The van der Waals surface area contributed by atoms with Crippen LogP contribution in [0.4, 0.5) is 0 Å². The van der Waals surface area contributed by atoms with E-state index in [-0.39, 0.29) is 10.3 Å². The highest BCUT2D eigenvalue weighted by molar-refractivity contribution is 7.89. The maximum absolute atomic E-state index is 12.7. The second-order valence-corrected chi connectivity index (χ2v) is 7.59. The predicted molar refractivity (Wildman–Crippen MR) is 80.1 cm³/mol. The Balaban J connectivity index is 2.36. The molecule has 1 aromatic carbocycles. The van der Waals surface area contributed by atoms with E-state index in [1.165, 1.54) is 30.7 Å². The molecular weight excluding hydrogens is 292 g/mol. The van der Waals surface area contributed by atoms with Gasteiger partial charge in [-0.25, -0.2) is 8.42 Å². The van der Waals surface area contributed by atoms with E-state index >= 15 is 0 Å². The molecule has 6 nitrogen and oxygen atoms in total. The molecular formula is C14H22N2O4S. The molecule has 2 N–H and O–H groups in total. The number of nitrogens with zero attached hydrogens (tertiary/aromatic N) is 1. The van der Waals surface area contributed by atoms with Gasteiger partial charge in [0, 0.05) is 31.3 Å². The first-order chi connectivity index (χ1) is 9.84. The van der Waals surface area contributed by atoms with E-state index in [2.05, 4.69) is 0 Å². The van der Waals surface area contributed by atoms with Crippen molar-refractivity contribution in [1.29, 1.82) is 0 Å². The average Bonchev–Trinajstić information content (AvgIpc) is 2.90. The molecule has 0 radical (unpaired) electrons. The number of hydrogen-bond donors (Lipinski definition) is 1. The Kier molecular flexibility index (Phi) is 4.46. The second-order valence-electron chi connectivity index (χ2n) is 5.65. The molecule has 21 heavy (non-hydrogen) atoms. The standard InChI is InChI=1S/C14H22N2O4S/c1-14(9-15)4-5-16(10-14)21(17,18)13-7-11(19-2)6-12(8-13)20-3/h6-8H,4-5,9-10,15H2,1-3H3. The van der Waals surface area contributed by atoms with Crippen LogP contribution in [0.25, 0.3) is 0 Å². The van der Waals surface area contributed by atoms with E-state index in [4.69, 9.17) is 15.2 Å². The average molecular weight is 314 g/mol. The third-order valence-electron chi connectivity index (χ3n) is 3.98. The lowest BCUT2D eigenvalue weighted by atomic mass is 9.90. The summed E-state index contributed by atoms with van der Waals surface area (Å²) < 4.78 is 37.2. The Morgan fingerprint density at radius 2 is 1.81 bits per heavy atom. The fraction of sp³-hybridized carbons (Fsp3) is 0.571. The molecule has 1 atom stereocenters. The van der Waals surface area contributed by atoms with Gasteiger partial charge in [0.2, 0.25) is 10.0 Å². The molecule has 1 fully saturated rings. The minimum Gasteiger partial charge on any atom is -0.497 e. The van der Waals surface area contributed by atoms with Crippen LogP contribution in [0.5, 0.6) is 11.5 Å². The summed E-state index contributed by atoms with van der Waals surface area (Å²) in [7, 11) is -0.582. The van der Waals surface area contributed by atoms with Crippen molar-refractivity contribution in [2.45, 2.75) is 18.2 Å². The van der Waals surface area contributed by atoms with Crippen molar-refractivity contribution in [1.82, 2.24) is 4.31 Å². The van der Waals surface area contributed by atoms with Crippen molar-refractivity contribution < 1.29 is 17.9 Å². The quantitative estimate of drug-likeness (QED) is 0.879. The van der Waals surface area contributed by atoms with Crippen molar-refractivity contribution >= 4 is 10.0 Å². The van der Waals surface area contributed by atoms with E-state index < -0.39 is 10.0 Å². The highest BCUT2D eigenvalue weighted by atomic mass is 32.2. The van der Waals surface area contributed by atoms with Gasteiger partial charge in [0.15, 0.2) is 0 Å². The van der Waals surface area contributed by atoms with Crippen LogP contribution >= 0.6 is 0 Å². The molecule has 0 bridgehead atoms. The lowest BCUT2D eigenvalue weighted by molar-refractivity contribution is 0.349. The van der Waals surface area contributed by atoms with Crippen LogP contribution in [0.3, 0.4) is 0 Å². The van der Waals surface area contributed by atoms with Crippen LogP contribution in [0.15, 0.2) is 23.1 Å². The number of rotatable bonds is 5. The summed E-state index contributed by atoms with van der Waals surface area (Å²) in [6.45, 7) is 3.40. The van der Waals surface area contributed by atoms with Crippen molar-refractivity contribution in [3.05, 3.63) is 18.2 Å². The smallest absolute Gasteiger partial charge is 0.243 e. The molecule has 0 amide bonds. The summed E-state index contributed by atoms with van der Waals surface area (Å²) in [5.74, 6) is 0.905. The summed E-state index contributed by atoms with van der Waals surface area (Å²) in [6, 6.07) is 4.67. The number of hydrogen-bond acceptors (Lipinski definition) is 5. The van der Waals surface area contributed by atoms with Crippen molar-refractivity contribution in [2.24, 2.45) is 11.1 Å². The fourth-order valence-electron chi connectivity index (χ4n) is 2.43. The van der Waals surface area contributed by atoms with Gasteiger partial charge in [0.25, 0.3) is 0 Å². The SMILES string of the molecule is COc1cc(OC)cc(S(=O)(=O)N2CCC(C)(CN)C2)c1. The Hall–Kier alpha value is -1.31. The van der Waals surface area contributed by atoms with Crippen molar-refractivity contribution in [3.63, 3.8) is 0 Å². The lowest BCUT2D eigenvalue weighted by Gasteiger charge is -2.22. The minimum atomic E-state index is -3.57. The van der Waals surface area contributed by atoms with Gasteiger partial charge in [-0.2, -0.15) is 4.31 Å². The Morgan fingerprint density at radius 1 is 1.24 bits per heavy atom. The monoisotopic (exact) mass is 314 g/mol. The number of sulfonamides is 1. The second kappa shape index (κ2) is 5.82. The summed E-state index contributed by atoms with van der Waals surface area (Å²) in [6.07, 6.45) is 0.768. The number of ether oxygens (including phenoxy) is 2. The van der Waals surface area contributed by atoms with Gasteiger partial charge in [-0.3, -0.25) is 0 Å². The van der Waals surface area contributed by atoms with Crippen LogP contribution in [0.1, 0.15) is 13.3 Å². The molecule has 1 aliphatic rings. The predicted octanol–water partition coefficient (Wildman–Crippen LogP) is 1.06. The topological polar surface area (TPSA) is 81.9 Å². The first-order valence-electron chi connectivity index (χ1n) is 6.78. The molecule has 118 valence electrons. The third-order valence-corrected chi connectivity index (χ3v) is 5.80. The van der Waals surface area contributed by atoms with E-state index in [1.54, 1.807) is 6.07 Å². The zero-order valence-corrected chi connectivity index (χ0v) is 13.4. The van der Waals surface area contributed by atoms with Gasteiger partial charge in [-0.1, -0.05) is 6.92 Å². The van der Waals surface area contributed by atoms with Gasteiger partial charge in [0.05, 0.1) is 19.1 Å². The van der Waals surface area contributed by atoms with E-state index in [0.29, 0.717) is 31.1 Å². The van der Waals surface area contributed by atoms with E-state index in [0.717, 1.165) is 6.42 Å². The maximum Gasteiger partial charge on any atom is 0.243 e. The number of benzene rings is 1. The highest BCUT2D eigenvalue weighted by Crippen LogP contribution is 2.34. The summed E-state index contributed by atoms with van der Waals surface area (Å²) in [5.41, 5.74) is 5.59. The van der Waals surface area contributed by atoms with E-state index in [1.807, 2.05) is 6.92 Å². The van der Waals surface area contributed by atoms with Gasteiger partial charge in [-0.15, -0.1) is 0 Å². The molecule has 2 rings (SSSR count). The van der Waals surface area contributed by atoms with Crippen LogP contribution in [0, 0.1) is 5.41 Å². The van der Waals surface area contributed by atoms with Crippen LogP contribution in [0.2, 0.25) is 0 Å².